The summed E-state index contributed by atoms with van der Waals surface area (Å²) in [6.45, 7) is 6.58. The zero-order chi connectivity index (χ0) is 16.7. The molecule has 4 heteroatoms. The molecular formula is C20H31N3O. The van der Waals surface area contributed by atoms with Gasteiger partial charge in [0.15, 0.2) is 5.96 Å². The van der Waals surface area contributed by atoms with Crippen molar-refractivity contribution in [3.8, 4) is 0 Å². The van der Waals surface area contributed by atoms with Crippen LogP contribution in [0.15, 0.2) is 35.3 Å². The van der Waals surface area contributed by atoms with Gasteiger partial charge in [-0.25, -0.2) is 0 Å². The van der Waals surface area contributed by atoms with Crippen molar-refractivity contribution in [3.63, 3.8) is 0 Å². The summed E-state index contributed by atoms with van der Waals surface area (Å²) in [7, 11) is 0. The van der Waals surface area contributed by atoms with E-state index in [0.717, 1.165) is 51.1 Å². The van der Waals surface area contributed by atoms with Crippen LogP contribution < -0.4 is 10.6 Å². The van der Waals surface area contributed by atoms with Crippen LogP contribution in [0, 0.1) is 5.92 Å². The van der Waals surface area contributed by atoms with Gasteiger partial charge >= 0.3 is 0 Å². The Bertz CT molecular complexity index is 521. The first-order valence-electron chi connectivity index (χ1n) is 9.48. The third kappa shape index (κ3) is 5.23. The van der Waals surface area contributed by atoms with Gasteiger partial charge in [-0.2, -0.15) is 0 Å². The maximum atomic E-state index is 5.68. The van der Waals surface area contributed by atoms with Crippen LogP contribution in [-0.4, -0.2) is 38.8 Å². The van der Waals surface area contributed by atoms with E-state index in [2.05, 4.69) is 47.9 Å². The van der Waals surface area contributed by atoms with Gasteiger partial charge in [0.05, 0.1) is 6.54 Å². The number of guanidine groups is 1. The largest absolute Gasteiger partial charge is 0.381 e. The van der Waals surface area contributed by atoms with Crippen LogP contribution >= 0.6 is 0 Å². The van der Waals surface area contributed by atoms with Crippen molar-refractivity contribution >= 4 is 5.96 Å². The summed E-state index contributed by atoms with van der Waals surface area (Å²) in [5.41, 5.74) is 1.70. The Balaban J connectivity index is 1.41. The summed E-state index contributed by atoms with van der Waals surface area (Å²) in [5.74, 6) is 1.78. The molecule has 4 nitrogen and oxygen atoms in total. The van der Waals surface area contributed by atoms with Gasteiger partial charge in [0.2, 0.25) is 0 Å². The molecule has 2 saturated carbocycles. The average molecular weight is 329 g/mol. The Morgan fingerprint density at radius 3 is 2.67 bits per heavy atom. The molecule has 1 aromatic rings. The summed E-state index contributed by atoms with van der Waals surface area (Å²) in [6.07, 6.45) is 6.24. The lowest BCUT2D eigenvalue weighted by Crippen LogP contribution is -2.38. The summed E-state index contributed by atoms with van der Waals surface area (Å²) >= 11 is 0. The van der Waals surface area contributed by atoms with Crippen molar-refractivity contribution in [2.24, 2.45) is 10.9 Å². The average Bonchev–Trinajstić information content (AvgIpc) is 3.52. The number of hydrogen-bond acceptors (Lipinski definition) is 2. The van der Waals surface area contributed by atoms with Crippen LogP contribution in [0.1, 0.15) is 44.6 Å². The van der Waals surface area contributed by atoms with E-state index >= 15 is 0 Å². The second-order valence-corrected chi connectivity index (χ2v) is 7.14. The van der Waals surface area contributed by atoms with Crippen molar-refractivity contribution in [1.82, 2.24) is 10.6 Å². The molecule has 0 aliphatic heterocycles. The zero-order valence-electron chi connectivity index (χ0n) is 14.9. The van der Waals surface area contributed by atoms with E-state index in [4.69, 9.17) is 9.73 Å². The normalized spacial score (nSPS) is 19.1. The molecule has 2 N–H and O–H groups in total. The number of benzene rings is 1. The number of nitrogens with one attached hydrogen (secondary N) is 2. The van der Waals surface area contributed by atoms with Crippen molar-refractivity contribution in [2.75, 3.05) is 32.8 Å². The first-order valence-corrected chi connectivity index (χ1v) is 9.48. The molecule has 0 spiro atoms. The fraction of sp³-hybridized carbons (Fsp3) is 0.650. The zero-order valence-corrected chi connectivity index (χ0v) is 14.9. The number of hydrogen-bond donors (Lipinski definition) is 2. The lowest BCUT2D eigenvalue weighted by molar-refractivity contribution is 0.123. The highest BCUT2D eigenvalue weighted by molar-refractivity contribution is 5.79. The molecule has 0 heterocycles. The standard InChI is InChI=1S/C20H31N3O/c1-2-21-19(22-13-6-14-24-15-17-9-10-17)23-16-20(11-12-20)18-7-4-3-5-8-18/h3-5,7-8,17H,2,6,9-16H2,1H3,(H2,21,22,23). The molecule has 0 unspecified atom stereocenters. The van der Waals surface area contributed by atoms with Crippen LogP contribution in [0.3, 0.4) is 0 Å². The molecule has 0 radical (unpaired) electrons. The second-order valence-electron chi connectivity index (χ2n) is 7.14. The summed E-state index contributed by atoms with van der Waals surface area (Å²) in [4.78, 5) is 4.83. The molecular weight excluding hydrogens is 298 g/mol. The monoisotopic (exact) mass is 329 g/mol. The van der Waals surface area contributed by atoms with E-state index in [9.17, 15) is 0 Å². The number of rotatable bonds is 10. The molecule has 0 bridgehead atoms. The van der Waals surface area contributed by atoms with Gasteiger partial charge in [0.25, 0.3) is 0 Å². The molecule has 132 valence electrons. The van der Waals surface area contributed by atoms with Crippen molar-refractivity contribution < 1.29 is 4.74 Å². The van der Waals surface area contributed by atoms with Gasteiger partial charge < -0.3 is 15.4 Å². The van der Waals surface area contributed by atoms with E-state index in [1.165, 1.54) is 31.2 Å². The molecule has 0 atom stereocenters. The smallest absolute Gasteiger partial charge is 0.191 e. The molecule has 0 saturated heterocycles. The summed E-state index contributed by atoms with van der Waals surface area (Å²) < 4.78 is 5.68. The highest BCUT2D eigenvalue weighted by atomic mass is 16.5. The quantitative estimate of drug-likeness (QED) is 0.394. The maximum Gasteiger partial charge on any atom is 0.191 e. The predicted molar refractivity (Wildman–Crippen MR) is 99.5 cm³/mol. The molecule has 2 aliphatic rings. The van der Waals surface area contributed by atoms with Crippen LogP contribution in [0.5, 0.6) is 0 Å². The number of aliphatic imine (C=N–C) groups is 1. The molecule has 0 aromatic heterocycles. The van der Waals surface area contributed by atoms with Crippen LogP contribution in [-0.2, 0) is 10.2 Å². The number of nitrogens with zero attached hydrogens (tertiary/aromatic N) is 1. The van der Waals surface area contributed by atoms with Gasteiger partial charge in [-0.3, -0.25) is 4.99 Å². The predicted octanol–water partition coefficient (Wildman–Crippen LogP) is 3.09. The minimum atomic E-state index is 0.275. The topological polar surface area (TPSA) is 45.7 Å². The summed E-state index contributed by atoms with van der Waals surface area (Å²) in [5, 5.41) is 6.79. The van der Waals surface area contributed by atoms with Crippen LogP contribution in [0.4, 0.5) is 0 Å². The van der Waals surface area contributed by atoms with Crippen LogP contribution in [0.2, 0.25) is 0 Å². The molecule has 2 aliphatic carbocycles. The Hall–Kier alpha value is -1.55. The highest BCUT2D eigenvalue weighted by Crippen LogP contribution is 2.48. The molecule has 2 fully saturated rings. The molecule has 0 amide bonds. The first kappa shape index (κ1) is 17.3. The molecule has 1 aromatic carbocycles. The minimum absolute atomic E-state index is 0.275. The maximum absolute atomic E-state index is 5.68. The van der Waals surface area contributed by atoms with Gasteiger partial charge in [-0.1, -0.05) is 30.3 Å². The molecule has 3 rings (SSSR count). The Morgan fingerprint density at radius 1 is 1.21 bits per heavy atom. The minimum Gasteiger partial charge on any atom is -0.381 e. The molecule has 24 heavy (non-hydrogen) atoms. The highest BCUT2D eigenvalue weighted by Gasteiger charge is 2.43. The van der Waals surface area contributed by atoms with Crippen molar-refractivity contribution in [2.45, 2.75) is 44.4 Å². The second kappa shape index (κ2) is 8.52. The third-order valence-electron chi connectivity index (χ3n) is 4.93. The van der Waals surface area contributed by atoms with Crippen molar-refractivity contribution in [1.29, 1.82) is 0 Å². The van der Waals surface area contributed by atoms with E-state index in [0.29, 0.717) is 0 Å². The van der Waals surface area contributed by atoms with Gasteiger partial charge in [-0.15, -0.1) is 0 Å². The Kier molecular flexibility index (Phi) is 6.13. The fourth-order valence-corrected chi connectivity index (χ4v) is 2.97. The van der Waals surface area contributed by atoms with Gasteiger partial charge in [0, 0.05) is 31.7 Å². The van der Waals surface area contributed by atoms with Gasteiger partial charge in [0.1, 0.15) is 0 Å². The Labute approximate surface area is 146 Å². The SMILES string of the molecule is CCNC(=NCC1(c2ccccc2)CC1)NCCCOCC1CC1. The first-order chi connectivity index (χ1) is 11.8. The van der Waals surface area contributed by atoms with E-state index in [1.807, 2.05) is 0 Å². The number of ether oxygens (including phenoxy) is 1. The Morgan fingerprint density at radius 2 is 2.00 bits per heavy atom. The van der Waals surface area contributed by atoms with Crippen LogP contribution in [0.25, 0.3) is 0 Å². The summed E-state index contributed by atoms with van der Waals surface area (Å²) in [6, 6.07) is 10.8. The van der Waals surface area contributed by atoms with Crippen molar-refractivity contribution in [3.05, 3.63) is 35.9 Å². The fourth-order valence-electron chi connectivity index (χ4n) is 2.97. The lowest BCUT2D eigenvalue weighted by Gasteiger charge is -2.16. The van der Waals surface area contributed by atoms with E-state index in [-0.39, 0.29) is 5.41 Å². The van der Waals surface area contributed by atoms with E-state index in [1.54, 1.807) is 0 Å². The third-order valence-corrected chi connectivity index (χ3v) is 4.93. The van der Waals surface area contributed by atoms with Gasteiger partial charge in [-0.05, 0) is 50.5 Å². The lowest BCUT2D eigenvalue weighted by atomic mass is 9.96. The van der Waals surface area contributed by atoms with E-state index < -0.39 is 0 Å².